The Morgan fingerprint density at radius 3 is 2.70 bits per heavy atom. The van der Waals surface area contributed by atoms with E-state index in [0.717, 1.165) is 32.5 Å². The molecule has 2 aliphatic heterocycles. The van der Waals surface area contributed by atoms with Gasteiger partial charge in [-0.2, -0.15) is 18.2 Å². The average Bonchev–Trinajstić information content (AvgIpc) is 3.54. The SMILES string of the molecule is CCCc1cc2c(N3CCn4c(nnc4C(F)(F)F)C3)nc(N3CC(O)C(NC(=O)C(C)C)C3)nc2s1. The van der Waals surface area contributed by atoms with Crippen molar-refractivity contribution in [2.24, 2.45) is 5.92 Å². The van der Waals surface area contributed by atoms with E-state index in [4.69, 9.17) is 9.97 Å². The number of alkyl halides is 3. The minimum atomic E-state index is -4.57. The first-order valence-corrected chi connectivity index (χ1v) is 13.1. The number of hydrogen-bond acceptors (Lipinski definition) is 9. The number of aliphatic hydroxyl groups excluding tert-OH is 1. The summed E-state index contributed by atoms with van der Waals surface area (Å²) in [5, 5.41) is 21.5. The molecule has 5 rings (SSSR count). The predicted molar refractivity (Wildman–Crippen MR) is 132 cm³/mol. The molecular formula is C23H29F3N8O2S. The standard InChI is InChI=1S/C23H29F3N8O2S/c1-4-5-13-8-14-18(32-6-7-34-17(11-32)30-31-21(34)23(24,25)26)28-22(29-20(14)37-13)33-9-15(16(35)10-33)27-19(36)12(2)3/h8,12,15-16,35H,4-7,9-11H2,1-3H3,(H,27,36). The van der Waals surface area contributed by atoms with Gasteiger partial charge in [0.25, 0.3) is 0 Å². The molecule has 2 unspecified atom stereocenters. The molecule has 0 spiro atoms. The molecule has 0 radical (unpaired) electrons. The van der Waals surface area contributed by atoms with Crippen LogP contribution in [0.15, 0.2) is 6.07 Å². The van der Waals surface area contributed by atoms with Crippen LogP contribution >= 0.6 is 11.3 Å². The number of carbonyl (C=O) groups is 1. The number of β-amino-alcohol motifs (C(OH)–C–C–N with tert-alkyl or cyclic N) is 1. The van der Waals surface area contributed by atoms with E-state index in [9.17, 15) is 23.1 Å². The van der Waals surface area contributed by atoms with Gasteiger partial charge in [0.15, 0.2) is 5.82 Å². The number of thiophene rings is 1. The summed E-state index contributed by atoms with van der Waals surface area (Å²) >= 11 is 1.56. The summed E-state index contributed by atoms with van der Waals surface area (Å²) in [4.78, 5) is 27.5. The Balaban J connectivity index is 1.48. The molecule has 0 bridgehead atoms. The molecule has 5 heterocycles. The highest BCUT2D eigenvalue weighted by Gasteiger charge is 2.40. The van der Waals surface area contributed by atoms with Crippen molar-refractivity contribution >= 4 is 39.2 Å². The van der Waals surface area contributed by atoms with Crippen LogP contribution in [0.1, 0.15) is 43.7 Å². The lowest BCUT2D eigenvalue weighted by atomic mass is 10.1. The number of hydrogen-bond donors (Lipinski definition) is 2. The fourth-order valence-electron chi connectivity index (χ4n) is 4.69. The fraction of sp³-hybridized carbons (Fsp3) is 0.609. The molecule has 37 heavy (non-hydrogen) atoms. The van der Waals surface area contributed by atoms with Gasteiger partial charge in [0.1, 0.15) is 10.6 Å². The van der Waals surface area contributed by atoms with Crippen LogP contribution < -0.4 is 15.1 Å². The van der Waals surface area contributed by atoms with Crippen molar-refractivity contribution in [3.63, 3.8) is 0 Å². The number of rotatable bonds is 6. The van der Waals surface area contributed by atoms with Crippen LogP contribution in [0.5, 0.6) is 0 Å². The second-order valence-electron chi connectivity index (χ2n) is 9.78. The van der Waals surface area contributed by atoms with Crippen LogP contribution in [-0.2, 0) is 30.5 Å². The van der Waals surface area contributed by atoms with E-state index in [1.165, 1.54) is 0 Å². The van der Waals surface area contributed by atoms with Gasteiger partial charge < -0.3 is 24.8 Å². The quantitative estimate of drug-likeness (QED) is 0.493. The number of amides is 1. The zero-order chi connectivity index (χ0) is 26.5. The Kier molecular flexibility index (Phi) is 6.73. The Hall–Kier alpha value is -3.00. The van der Waals surface area contributed by atoms with Crippen LogP contribution in [0.2, 0.25) is 0 Å². The predicted octanol–water partition coefficient (Wildman–Crippen LogP) is 2.60. The third-order valence-electron chi connectivity index (χ3n) is 6.64. The smallest absolute Gasteiger partial charge is 0.389 e. The van der Waals surface area contributed by atoms with E-state index < -0.39 is 24.1 Å². The van der Waals surface area contributed by atoms with Crippen molar-refractivity contribution in [1.82, 2.24) is 30.0 Å². The van der Waals surface area contributed by atoms with Crippen LogP contribution in [-0.4, -0.2) is 67.5 Å². The second-order valence-corrected chi connectivity index (χ2v) is 10.9. The molecule has 1 amide bonds. The first-order chi connectivity index (χ1) is 17.5. The third kappa shape index (κ3) is 4.96. The van der Waals surface area contributed by atoms with E-state index in [2.05, 4.69) is 22.4 Å². The number of aryl methyl sites for hydroxylation is 1. The summed E-state index contributed by atoms with van der Waals surface area (Å²) < 4.78 is 41.1. The summed E-state index contributed by atoms with van der Waals surface area (Å²) in [5.74, 6) is -0.0779. The monoisotopic (exact) mass is 538 g/mol. The maximum Gasteiger partial charge on any atom is 0.451 e. The molecule has 0 aromatic carbocycles. The highest BCUT2D eigenvalue weighted by atomic mass is 32.1. The zero-order valence-electron chi connectivity index (χ0n) is 20.8. The fourth-order valence-corrected chi connectivity index (χ4v) is 5.81. The number of aliphatic hydroxyl groups is 1. The summed E-state index contributed by atoms with van der Waals surface area (Å²) in [5.41, 5.74) is 0. The largest absolute Gasteiger partial charge is 0.451 e. The number of anilines is 2. The summed E-state index contributed by atoms with van der Waals surface area (Å²) in [6, 6.07) is 1.60. The molecule has 2 N–H and O–H groups in total. The van der Waals surface area contributed by atoms with Crippen molar-refractivity contribution < 1.29 is 23.1 Å². The van der Waals surface area contributed by atoms with Gasteiger partial charge >= 0.3 is 6.18 Å². The average molecular weight is 539 g/mol. The first kappa shape index (κ1) is 25.6. The molecule has 1 fully saturated rings. The molecule has 3 aromatic rings. The summed E-state index contributed by atoms with van der Waals surface area (Å²) in [6.07, 6.45) is -3.50. The lowest BCUT2D eigenvalue weighted by Crippen LogP contribution is -2.44. The molecular weight excluding hydrogens is 509 g/mol. The Morgan fingerprint density at radius 1 is 1.22 bits per heavy atom. The van der Waals surface area contributed by atoms with Crippen molar-refractivity contribution in [2.75, 3.05) is 29.4 Å². The maximum absolute atomic E-state index is 13.3. The normalized spacial score (nSPS) is 20.2. The van der Waals surface area contributed by atoms with Gasteiger partial charge in [-0.1, -0.05) is 27.2 Å². The van der Waals surface area contributed by atoms with Gasteiger partial charge in [0.2, 0.25) is 17.7 Å². The number of nitrogens with one attached hydrogen (secondary N) is 1. The van der Waals surface area contributed by atoms with Gasteiger partial charge in [-0.15, -0.1) is 21.5 Å². The molecule has 14 heteroatoms. The molecule has 0 saturated carbocycles. The summed E-state index contributed by atoms with van der Waals surface area (Å²) in [6.45, 7) is 6.78. The Bertz CT molecular complexity index is 1310. The van der Waals surface area contributed by atoms with E-state index in [1.54, 1.807) is 25.2 Å². The van der Waals surface area contributed by atoms with Crippen molar-refractivity contribution in [3.8, 4) is 0 Å². The lowest BCUT2D eigenvalue weighted by molar-refractivity contribution is -0.147. The van der Waals surface area contributed by atoms with Crippen LogP contribution in [0.25, 0.3) is 10.2 Å². The Labute approximate surface area is 215 Å². The number of nitrogens with zero attached hydrogens (tertiary/aromatic N) is 7. The minimum Gasteiger partial charge on any atom is -0.389 e. The van der Waals surface area contributed by atoms with E-state index in [0.29, 0.717) is 24.9 Å². The van der Waals surface area contributed by atoms with E-state index >= 15 is 0 Å². The van der Waals surface area contributed by atoms with E-state index in [1.807, 2.05) is 15.9 Å². The van der Waals surface area contributed by atoms with Crippen molar-refractivity contribution in [1.29, 1.82) is 0 Å². The molecule has 2 atom stereocenters. The van der Waals surface area contributed by atoms with Gasteiger partial charge in [-0.25, -0.2) is 4.98 Å². The maximum atomic E-state index is 13.3. The zero-order valence-corrected chi connectivity index (χ0v) is 21.6. The summed E-state index contributed by atoms with van der Waals surface area (Å²) in [7, 11) is 0. The van der Waals surface area contributed by atoms with Crippen LogP contribution in [0.3, 0.4) is 0 Å². The second kappa shape index (κ2) is 9.71. The molecule has 3 aromatic heterocycles. The highest BCUT2D eigenvalue weighted by molar-refractivity contribution is 7.18. The first-order valence-electron chi connectivity index (χ1n) is 12.3. The topological polar surface area (TPSA) is 112 Å². The number of aromatic nitrogens is 5. The third-order valence-corrected chi connectivity index (χ3v) is 7.73. The molecule has 10 nitrogen and oxygen atoms in total. The highest BCUT2D eigenvalue weighted by Crippen LogP contribution is 2.36. The number of fused-ring (bicyclic) bond motifs is 2. The molecule has 1 saturated heterocycles. The molecule has 200 valence electrons. The van der Waals surface area contributed by atoms with Gasteiger partial charge in [-0.3, -0.25) is 4.79 Å². The van der Waals surface area contributed by atoms with Gasteiger partial charge in [0.05, 0.1) is 24.1 Å². The van der Waals surface area contributed by atoms with Crippen molar-refractivity contribution in [2.45, 2.75) is 65.0 Å². The lowest BCUT2D eigenvalue weighted by Gasteiger charge is -2.30. The Morgan fingerprint density at radius 2 is 2.00 bits per heavy atom. The number of carbonyl (C=O) groups excluding carboxylic acids is 1. The molecule has 2 aliphatic rings. The van der Waals surface area contributed by atoms with Crippen LogP contribution in [0, 0.1) is 5.92 Å². The van der Waals surface area contributed by atoms with Crippen LogP contribution in [0.4, 0.5) is 24.9 Å². The van der Waals surface area contributed by atoms with Crippen molar-refractivity contribution in [3.05, 3.63) is 22.6 Å². The minimum absolute atomic E-state index is 0.0791. The number of halogens is 3. The molecule has 0 aliphatic carbocycles. The van der Waals surface area contributed by atoms with Gasteiger partial charge in [-0.05, 0) is 12.5 Å². The van der Waals surface area contributed by atoms with E-state index in [-0.39, 0.29) is 37.3 Å². The van der Waals surface area contributed by atoms with Gasteiger partial charge in [0, 0.05) is 37.0 Å².